The molecule has 6 nitrogen and oxygen atoms in total. The molecule has 2 amide bonds. The summed E-state index contributed by atoms with van der Waals surface area (Å²) >= 11 is 1.55. The molecule has 2 fully saturated rings. The van der Waals surface area contributed by atoms with E-state index in [9.17, 15) is 14.4 Å². The average Bonchev–Trinajstić information content (AvgIpc) is 2.74. The molecule has 2 aliphatic rings. The van der Waals surface area contributed by atoms with Gasteiger partial charge in [-0.25, -0.2) is 0 Å². The summed E-state index contributed by atoms with van der Waals surface area (Å²) in [4.78, 5) is 37.3. The van der Waals surface area contributed by atoms with Crippen molar-refractivity contribution in [3.05, 3.63) is 35.9 Å². The van der Waals surface area contributed by atoms with Crippen molar-refractivity contribution in [1.82, 2.24) is 10.2 Å². The van der Waals surface area contributed by atoms with Crippen molar-refractivity contribution in [2.75, 3.05) is 0 Å². The van der Waals surface area contributed by atoms with Crippen LogP contribution in [0.4, 0.5) is 0 Å². The van der Waals surface area contributed by atoms with Gasteiger partial charge in [0.1, 0.15) is 11.4 Å². The van der Waals surface area contributed by atoms with Crippen LogP contribution in [0.5, 0.6) is 0 Å². The summed E-state index contributed by atoms with van der Waals surface area (Å²) in [7, 11) is 0. The largest absolute Gasteiger partial charge is 0.481 e. The average molecular weight is 348 g/mol. The number of hydrogen-bond acceptors (Lipinski definition) is 4. The van der Waals surface area contributed by atoms with Gasteiger partial charge in [-0.05, 0) is 19.4 Å². The highest BCUT2D eigenvalue weighted by Gasteiger charge is 2.61. The van der Waals surface area contributed by atoms with E-state index >= 15 is 0 Å². The van der Waals surface area contributed by atoms with Crippen LogP contribution in [-0.2, 0) is 20.8 Å². The molecule has 1 aromatic rings. The molecular formula is C17H20N2O4S. The minimum Gasteiger partial charge on any atom is -0.481 e. The molecule has 7 heteroatoms. The van der Waals surface area contributed by atoms with Gasteiger partial charge in [0.15, 0.2) is 0 Å². The zero-order valence-electron chi connectivity index (χ0n) is 13.6. The smallest absolute Gasteiger partial charge is 0.305 e. The third-order valence-corrected chi connectivity index (χ3v) is 6.15. The normalized spacial score (nSPS) is 27.3. The number of β-lactam (4-membered cyclic amide) rings is 1. The van der Waals surface area contributed by atoms with Gasteiger partial charge in [-0.15, -0.1) is 11.8 Å². The van der Waals surface area contributed by atoms with E-state index in [0.29, 0.717) is 0 Å². The molecule has 2 heterocycles. The minimum atomic E-state index is -0.918. The highest BCUT2D eigenvalue weighted by atomic mass is 32.2. The molecule has 0 radical (unpaired) electrons. The van der Waals surface area contributed by atoms with E-state index in [0.717, 1.165) is 5.56 Å². The van der Waals surface area contributed by atoms with Crippen LogP contribution in [0.2, 0.25) is 0 Å². The Labute approximate surface area is 144 Å². The number of thioether (sulfide) groups is 1. The number of rotatable bonds is 5. The van der Waals surface area contributed by atoms with Crippen LogP contribution in [0.1, 0.15) is 25.8 Å². The first-order valence-electron chi connectivity index (χ1n) is 7.84. The molecule has 2 saturated heterocycles. The summed E-state index contributed by atoms with van der Waals surface area (Å²) in [6, 6.07) is 8.43. The molecule has 3 unspecified atom stereocenters. The lowest BCUT2D eigenvalue weighted by atomic mass is 9.93. The Bertz CT molecular complexity index is 676. The quantitative estimate of drug-likeness (QED) is 0.782. The van der Waals surface area contributed by atoms with E-state index in [-0.39, 0.29) is 40.8 Å². The Hall–Kier alpha value is -2.02. The number of amides is 2. The van der Waals surface area contributed by atoms with Crippen LogP contribution in [-0.4, -0.2) is 50.0 Å². The van der Waals surface area contributed by atoms with E-state index in [1.54, 1.807) is 16.7 Å². The van der Waals surface area contributed by atoms with Crippen LogP contribution >= 0.6 is 11.8 Å². The van der Waals surface area contributed by atoms with Gasteiger partial charge in [-0.1, -0.05) is 30.3 Å². The lowest BCUT2D eigenvalue weighted by Gasteiger charge is -2.44. The maximum absolute atomic E-state index is 12.4. The second kappa shape index (κ2) is 6.12. The van der Waals surface area contributed by atoms with Crippen molar-refractivity contribution >= 4 is 29.5 Å². The van der Waals surface area contributed by atoms with Crippen molar-refractivity contribution in [2.24, 2.45) is 0 Å². The first kappa shape index (κ1) is 16.8. The number of benzene rings is 1. The number of carboxylic acid groups (broad SMARTS) is 1. The van der Waals surface area contributed by atoms with Crippen LogP contribution in [0, 0.1) is 0 Å². The van der Waals surface area contributed by atoms with Crippen LogP contribution in [0.15, 0.2) is 30.3 Å². The fourth-order valence-corrected chi connectivity index (χ4v) is 4.98. The van der Waals surface area contributed by atoms with E-state index < -0.39 is 12.0 Å². The first-order valence-corrected chi connectivity index (χ1v) is 8.72. The highest BCUT2D eigenvalue weighted by molar-refractivity contribution is 8.01. The summed E-state index contributed by atoms with van der Waals surface area (Å²) in [6.07, 6.45) is 0.150. The number of carbonyl (C=O) groups is 3. The van der Waals surface area contributed by atoms with E-state index in [4.69, 9.17) is 5.11 Å². The number of nitrogens with zero attached hydrogens (tertiary/aromatic N) is 1. The Morgan fingerprint density at radius 3 is 2.58 bits per heavy atom. The summed E-state index contributed by atoms with van der Waals surface area (Å²) in [5.41, 5.74) is 0.891. The number of fused-ring (bicyclic) bond motifs is 1. The second-order valence-electron chi connectivity index (χ2n) is 6.68. The van der Waals surface area contributed by atoms with Crippen LogP contribution in [0.3, 0.4) is 0 Å². The molecule has 1 aromatic carbocycles. The van der Waals surface area contributed by atoms with E-state index in [1.807, 2.05) is 44.2 Å². The standard InChI is InChI=1S/C17H20N2O4S/c1-17(2)11(9-13(21)22)19-15(23)14(16(19)24-17)18-12(20)8-10-6-4-3-5-7-10/h3-7,11,14,16H,8-9H2,1-2H3,(H,18,20)(H,21,22). The minimum absolute atomic E-state index is 0.0765. The Morgan fingerprint density at radius 1 is 1.29 bits per heavy atom. The zero-order valence-corrected chi connectivity index (χ0v) is 14.4. The molecule has 0 bridgehead atoms. The van der Waals surface area contributed by atoms with Gasteiger partial charge in [-0.2, -0.15) is 0 Å². The van der Waals surface area contributed by atoms with Gasteiger partial charge in [0.05, 0.1) is 18.9 Å². The summed E-state index contributed by atoms with van der Waals surface area (Å²) < 4.78 is -0.350. The molecule has 0 aromatic heterocycles. The van der Waals surface area contributed by atoms with Gasteiger partial charge >= 0.3 is 5.97 Å². The van der Waals surface area contributed by atoms with Gasteiger partial charge in [-0.3, -0.25) is 14.4 Å². The molecule has 3 rings (SSSR count). The topological polar surface area (TPSA) is 86.7 Å². The molecule has 0 aliphatic carbocycles. The fraction of sp³-hybridized carbons (Fsp3) is 0.471. The zero-order chi connectivity index (χ0) is 17.5. The number of carboxylic acids is 1. The summed E-state index contributed by atoms with van der Waals surface area (Å²) in [5.74, 6) is -1.30. The fourth-order valence-electron chi connectivity index (χ4n) is 3.32. The monoisotopic (exact) mass is 348 g/mol. The molecule has 2 aliphatic heterocycles. The molecular weight excluding hydrogens is 328 g/mol. The van der Waals surface area contributed by atoms with Crippen molar-refractivity contribution in [2.45, 2.75) is 48.9 Å². The van der Waals surface area contributed by atoms with Crippen molar-refractivity contribution in [1.29, 1.82) is 0 Å². The molecule has 0 saturated carbocycles. The predicted molar refractivity (Wildman–Crippen MR) is 90.4 cm³/mol. The Balaban J connectivity index is 1.65. The van der Waals surface area contributed by atoms with Gasteiger partial charge in [0, 0.05) is 4.75 Å². The number of hydrogen-bond donors (Lipinski definition) is 2. The SMILES string of the molecule is CC1(C)SC2C(NC(=O)Cc3ccccc3)C(=O)N2C1CC(=O)O. The first-order chi connectivity index (χ1) is 11.3. The number of aliphatic carboxylic acids is 1. The van der Waals surface area contributed by atoms with Gasteiger partial charge in [0.25, 0.3) is 0 Å². The maximum atomic E-state index is 12.4. The van der Waals surface area contributed by atoms with Crippen LogP contribution < -0.4 is 5.32 Å². The number of carbonyl (C=O) groups excluding carboxylic acids is 2. The van der Waals surface area contributed by atoms with Gasteiger partial charge < -0.3 is 15.3 Å². The number of nitrogens with one attached hydrogen (secondary N) is 1. The second-order valence-corrected chi connectivity index (χ2v) is 8.45. The van der Waals surface area contributed by atoms with Gasteiger partial charge in [0.2, 0.25) is 11.8 Å². The third-order valence-electron chi connectivity index (χ3n) is 4.53. The summed E-state index contributed by atoms with van der Waals surface area (Å²) in [5, 5.41) is 11.7. The molecule has 24 heavy (non-hydrogen) atoms. The van der Waals surface area contributed by atoms with Crippen LogP contribution in [0.25, 0.3) is 0 Å². The Morgan fingerprint density at radius 2 is 1.96 bits per heavy atom. The molecule has 128 valence electrons. The summed E-state index contributed by atoms with van der Waals surface area (Å²) in [6.45, 7) is 3.89. The highest BCUT2D eigenvalue weighted by Crippen LogP contribution is 2.51. The lowest BCUT2D eigenvalue weighted by molar-refractivity contribution is -0.153. The van der Waals surface area contributed by atoms with E-state index in [2.05, 4.69) is 5.32 Å². The van der Waals surface area contributed by atoms with Crippen molar-refractivity contribution < 1.29 is 19.5 Å². The Kier molecular flexibility index (Phi) is 4.29. The third kappa shape index (κ3) is 3.00. The van der Waals surface area contributed by atoms with Crippen molar-refractivity contribution in [3.8, 4) is 0 Å². The van der Waals surface area contributed by atoms with E-state index in [1.165, 1.54) is 0 Å². The lowest BCUT2D eigenvalue weighted by Crippen LogP contribution is -2.69. The van der Waals surface area contributed by atoms with Crippen molar-refractivity contribution in [3.63, 3.8) is 0 Å². The molecule has 3 atom stereocenters. The predicted octanol–water partition coefficient (Wildman–Crippen LogP) is 1.25. The molecule has 2 N–H and O–H groups in total. The molecule has 0 spiro atoms. The maximum Gasteiger partial charge on any atom is 0.305 e.